The number of sulfone groups is 1. The Morgan fingerprint density at radius 1 is 1.03 bits per heavy atom. The molecule has 0 radical (unpaired) electrons. The molecule has 0 saturated carbocycles. The highest BCUT2D eigenvalue weighted by molar-refractivity contribution is 7.92. The Hall–Kier alpha value is -2.73. The summed E-state index contributed by atoms with van der Waals surface area (Å²) in [6, 6.07) is 9.60. The van der Waals surface area contributed by atoms with E-state index in [1.807, 2.05) is 0 Å². The van der Waals surface area contributed by atoms with Crippen LogP contribution in [-0.4, -0.2) is 59.9 Å². The van der Waals surface area contributed by atoms with Crippen molar-refractivity contribution in [1.82, 2.24) is 13.6 Å². The van der Waals surface area contributed by atoms with Gasteiger partial charge in [-0.1, -0.05) is 12.1 Å². The molecule has 2 aromatic carbocycles. The monoisotopic (exact) mass is 470 g/mol. The number of benzene rings is 2. The first-order valence-corrected chi connectivity index (χ1v) is 11.7. The highest BCUT2D eigenvalue weighted by Crippen LogP contribution is 2.32. The molecule has 164 valence electrons. The summed E-state index contributed by atoms with van der Waals surface area (Å²) in [5.74, 6) is -1.25. The Bertz CT molecular complexity index is 1220. The predicted molar refractivity (Wildman–Crippen MR) is 110 cm³/mol. The molecule has 0 atom stereocenters. The maximum absolute atomic E-state index is 12.9. The summed E-state index contributed by atoms with van der Waals surface area (Å²) in [6.45, 7) is 1.04. The molecular formula is C19H17F3N4O3S2. The van der Waals surface area contributed by atoms with Crippen molar-refractivity contribution >= 4 is 44.2 Å². The van der Waals surface area contributed by atoms with E-state index in [2.05, 4.69) is 8.75 Å². The number of anilines is 1. The molecule has 12 heteroatoms. The van der Waals surface area contributed by atoms with Crippen molar-refractivity contribution in [3.63, 3.8) is 0 Å². The van der Waals surface area contributed by atoms with Crippen molar-refractivity contribution in [1.29, 1.82) is 0 Å². The molecule has 1 aliphatic heterocycles. The molecule has 0 bridgehead atoms. The predicted octanol–water partition coefficient (Wildman–Crippen LogP) is 2.83. The number of hydrogen-bond donors (Lipinski definition) is 0. The molecule has 0 N–H and O–H groups in total. The Kier molecular flexibility index (Phi) is 5.60. The Labute approximate surface area is 180 Å². The van der Waals surface area contributed by atoms with E-state index < -0.39 is 33.2 Å². The summed E-state index contributed by atoms with van der Waals surface area (Å²) >= 11 is 0.895. The summed E-state index contributed by atoms with van der Waals surface area (Å²) in [4.78, 5) is 15.8. The summed E-state index contributed by atoms with van der Waals surface area (Å²) in [5.41, 5.74) is 0.375. The molecule has 3 aromatic rings. The van der Waals surface area contributed by atoms with Gasteiger partial charge in [-0.25, -0.2) is 8.42 Å². The van der Waals surface area contributed by atoms with Crippen LogP contribution in [0.3, 0.4) is 0 Å². The molecule has 7 nitrogen and oxygen atoms in total. The maximum atomic E-state index is 12.9. The van der Waals surface area contributed by atoms with Crippen LogP contribution >= 0.6 is 11.7 Å². The van der Waals surface area contributed by atoms with Crippen LogP contribution in [0.1, 0.15) is 5.56 Å². The van der Waals surface area contributed by atoms with Gasteiger partial charge in [-0.05, 0) is 30.3 Å². The van der Waals surface area contributed by atoms with Gasteiger partial charge in [0.2, 0.25) is 5.91 Å². The zero-order valence-electron chi connectivity index (χ0n) is 16.0. The highest BCUT2D eigenvalue weighted by atomic mass is 32.2. The highest BCUT2D eigenvalue weighted by Gasteiger charge is 2.32. The van der Waals surface area contributed by atoms with E-state index in [-0.39, 0.29) is 23.5 Å². The fourth-order valence-corrected chi connectivity index (χ4v) is 5.46. The molecule has 1 aliphatic rings. The standard InChI is InChI=1S/C19H17F3N4O3S2/c20-19(21,22)13-3-1-4-14(11-13)25-7-9-26(10-8-25)17(27)12-31(28,29)16-6-2-5-15-18(16)24-30-23-15/h1-6,11H,7-10,12H2. The molecule has 1 saturated heterocycles. The first-order chi connectivity index (χ1) is 14.6. The van der Waals surface area contributed by atoms with Crippen molar-refractivity contribution in [3.05, 3.63) is 48.0 Å². The molecule has 0 aliphatic carbocycles. The number of nitrogens with zero attached hydrogens (tertiary/aromatic N) is 4. The normalized spacial score (nSPS) is 15.5. The molecule has 4 rings (SSSR count). The summed E-state index contributed by atoms with van der Waals surface area (Å²) in [6.07, 6.45) is -4.43. The second kappa shape index (κ2) is 8.08. The van der Waals surface area contributed by atoms with Gasteiger partial charge in [0, 0.05) is 31.9 Å². The Morgan fingerprint density at radius 2 is 1.74 bits per heavy atom. The van der Waals surface area contributed by atoms with Crippen LogP contribution in [0.5, 0.6) is 0 Å². The number of carbonyl (C=O) groups excluding carboxylic acids is 1. The fourth-order valence-electron chi connectivity index (χ4n) is 3.46. The van der Waals surface area contributed by atoms with E-state index in [1.54, 1.807) is 23.1 Å². The third-order valence-electron chi connectivity index (χ3n) is 5.07. The van der Waals surface area contributed by atoms with Crippen LogP contribution in [-0.2, 0) is 20.8 Å². The third-order valence-corrected chi connectivity index (χ3v) is 7.24. The largest absolute Gasteiger partial charge is 0.416 e. The van der Waals surface area contributed by atoms with Gasteiger partial charge in [0.25, 0.3) is 0 Å². The van der Waals surface area contributed by atoms with Crippen molar-refractivity contribution in [2.45, 2.75) is 11.1 Å². The van der Waals surface area contributed by atoms with Crippen LogP contribution in [0.15, 0.2) is 47.4 Å². The number of aromatic nitrogens is 2. The first-order valence-electron chi connectivity index (χ1n) is 9.29. The lowest BCUT2D eigenvalue weighted by molar-refractivity contribution is -0.137. The molecule has 1 aromatic heterocycles. The Balaban J connectivity index is 1.42. The van der Waals surface area contributed by atoms with Crippen LogP contribution in [0.25, 0.3) is 11.0 Å². The van der Waals surface area contributed by atoms with E-state index in [1.165, 1.54) is 17.0 Å². The average molecular weight is 470 g/mol. The molecule has 1 amide bonds. The quantitative estimate of drug-likeness (QED) is 0.583. The molecular weight excluding hydrogens is 453 g/mol. The number of rotatable bonds is 4. The average Bonchev–Trinajstić information content (AvgIpc) is 3.22. The minimum Gasteiger partial charge on any atom is -0.368 e. The lowest BCUT2D eigenvalue weighted by atomic mass is 10.1. The van der Waals surface area contributed by atoms with Crippen LogP contribution < -0.4 is 4.90 Å². The number of piperazine rings is 1. The summed E-state index contributed by atoms with van der Waals surface area (Å²) < 4.78 is 72.4. The van der Waals surface area contributed by atoms with Crippen LogP contribution in [0.4, 0.5) is 18.9 Å². The zero-order chi connectivity index (χ0) is 22.2. The van der Waals surface area contributed by atoms with Gasteiger partial charge in [0.1, 0.15) is 16.8 Å². The lowest BCUT2D eigenvalue weighted by Gasteiger charge is -2.36. The van der Waals surface area contributed by atoms with Gasteiger partial charge in [-0.15, -0.1) is 0 Å². The zero-order valence-corrected chi connectivity index (χ0v) is 17.7. The van der Waals surface area contributed by atoms with Gasteiger partial charge >= 0.3 is 6.18 Å². The van der Waals surface area contributed by atoms with Gasteiger partial charge in [-0.3, -0.25) is 4.79 Å². The summed E-state index contributed by atoms with van der Waals surface area (Å²) in [7, 11) is -3.92. The number of fused-ring (bicyclic) bond motifs is 1. The molecule has 0 spiro atoms. The molecule has 31 heavy (non-hydrogen) atoms. The first kappa shape index (κ1) is 21.5. The second-order valence-electron chi connectivity index (χ2n) is 7.06. The second-order valence-corrected chi connectivity index (χ2v) is 9.55. The number of alkyl halides is 3. The van der Waals surface area contributed by atoms with E-state index in [0.29, 0.717) is 24.3 Å². The maximum Gasteiger partial charge on any atom is 0.416 e. The number of halogens is 3. The van der Waals surface area contributed by atoms with Gasteiger partial charge in [0.15, 0.2) is 9.84 Å². The van der Waals surface area contributed by atoms with Gasteiger partial charge in [0.05, 0.1) is 22.2 Å². The minimum absolute atomic E-state index is 0.0327. The van der Waals surface area contributed by atoms with Crippen molar-refractivity contribution in [3.8, 4) is 0 Å². The molecule has 0 unspecified atom stereocenters. The molecule has 2 heterocycles. The summed E-state index contributed by atoms with van der Waals surface area (Å²) in [5, 5.41) is 0. The van der Waals surface area contributed by atoms with Gasteiger partial charge < -0.3 is 9.80 Å². The van der Waals surface area contributed by atoms with Crippen molar-refractivity contribution < 1.29 is 26.4 Å². The van der Waals surface area contributed by atoms with Crippen LogP contribution in [0, 0.1) is 0 Å². The van der Waals surface area contributed by atoms with Gasteiger partial charge in [-0.2, -0.15) is 21.9 Å². The SMILES string of the molecule is O=C(CS(=O)(=O)c1cccc2nsnc12)N1CCN(c2cccc(C(F)(F)F)c2)CC1. The van der Waals surface area contributed by atoms with E-state index in [4.69, 9.17) is 0 Å². The number of amides is 1. The fraction of sp³-hybridized carbons (Fsp3) is 0.316. The smallest absolute Gasteiger partial charge is 0.368 e. The number of carbonyl (C=O) groups is 1. The van der Waals surface area contributed by atoms with E-state index in [0.717, 1.165) is 23.9 Å². The van der Waals surface area contributed by atoms with Crippen molar-refractivity contribution in [2.75, 3.05) is 36.8 Å². The van der Waals surface area contributed by atoms with Crippen LogP contribution in [0.2, 0.25) is 0 Å². The third kappa shape index (κ3) is 4.49. The van der Waals surface area contributed by atoms with E-state index >= 15 is 0 Å². The Morgan fingerprint density at radius 3 is 2.45 bits per heavy atom. The number of hydrogen-bond acceptors (Lipinski definition) is 7. The topological polar surface area (TPSA) is 83.5 Å². The molecule has 1 fully saturated rings. The van der Waals surface area contributed by atoms with Crippen molar-refractivity contribution in [2.24, 2.45) is 0 Å². The minimum atomic E-state index is -4.43. The lowest BCUT2D eigenvalue weighted by Crippen LogP contribution is -2.50. The van der Waals surface area contributed by atoms with E-state index in [9.17, 15) is 26.4 Å².